The van der Waals surface area contributed by atoms with Gasteiger partial charge < -0.3 is 5.32 Å². The van der Waals surface area contributed by atoms with E-state index in [4.69, 9.17) is 0 Å². The third-order valence-electron chi connectivity index (χ3n) is 3.90. The molecule has 0 amide bonds. The van der Waals surface area contributed by atoms with Crippen molar-refractivity contribution < 1.29 is 13.2 Å². The predicted octanol–water partition coefficient (Wildman–Crippen LogP) is 3.06. The van der Waals surface area contributed by atoms with Crippen LogP contribution in [0.1, 0.15) is 30.0 Å². The molecule has 0 spiro atoms. The topological polar surface area (TPSA) is 15.3 Å². The number of halogens is 3. The Bertz CT molecular complexity index is 431. The molecule has 1 N–H and O–H groups in total. The summed E-state index contributed by atoms with van der Waals surface area (Å²) in [6, 6.07) is 6.01. The van der Waals surface area contributed by atoms with Crippen LogP contribution in [0, 0.1) is 0 Å². The van der Waals surface area contributed by atoms with Crippen LogP contribution in [0.3, 0.4) is 0 Å². The molecule has 2 atom stereocenters. The predicted molar refractivity (Wildman–Crippen MR) is 68.9 cm³/mol. The highest BCUT2D eigenvalue weighted by Gasteiger charge is 2.37. The van der Waals surface area contributed by atoms with Gasteiger partial charge in [0, 0.05) is 12.1 Å². The van der Waals surface area contributed by atoms with Crippen molar-refractivity contribution >= 4 is 0 Å². The first kappa shape index (κ1) is 14.3. The van der Waals surface area contributed by atoms with Gasteiger partial charge in [0.25, 0.3) is 0 Å². The second-order valence-corrected chi connectivity index (χ2v) is 5.09. The molecular weight excluding hydrogens is 253 g/mol. The van der Waals surface area contributed by atoms with Crippen LogP contribution in [0.4, 0.5) is 13.2 Å². The molecule has 5 heteroatoms. The molecule has 106 valence electrons. The molecule has 0 aromatic heterocycles. The molecule has 1 saturated heterocycles. The van der Waals surface area contributed by atoms with Crippen LogP contribution in [0.2, 0.25) is 0 Å². The molecule has 1 aromatic rings. The monoisotopic (exact) mass is 272 g/mol. The summed E-state index contributed by atoms with van der Waals surface area (Å²) < 4.78 is 39.2. The second-order valence-electron chi connectivity index (χ2n) is 5.09. The highest BCUT2D eigenvalue weighted by atomic mass is 19.4. The van der Waals surface area contributed by atoms with Gasteiger partial charge in [-0.2, -0.15) is 13.2 Å². The summed E-state index contributed by atoms with van der Waals surface area (Å²) >= 11 is 0. The van der Waals surface area contributed by atoms with Crippen molar-refractivity contribution in [2.75, 3.05) is 20.6 Å². The summed E-state index contributed by atoms with van der Waals surface area (Å²) in [6.07, 6.45) is -2.61. The Hall–Kier alpha value is -1.07. The van der Waals surface area contributed by atoms with E-state index in [2.05, 4.69) is 5.32 Å². The Kier molecular flexibility index (Phi) is 4.16. The van der Waals surface area contributed by atoms with Crippen LogP contribution in [0.15, 0.2) is 24.3 Å². The zero-order valence-corrected chi connectivity index (χ0v) is 11.2. The summed E-state index contributed by atoms with van der Waals surface area (Å²) in [5.41, 5.74) is -0.124. The minimum Gasteiger partial charge on any atom is -0.317 e. The number of piperidine rings is 1. The third kappa shape index (κ3) is 3.09. The van der Waals surface area contributed by atoms with Crippen molar-refractivity contribution in [1.29, 1.82) is 0 Å². The van der Waals surface area contributed by atoms with Gasteiger partial charge in [-0.1, -0.05) is 18.2 Å². The third-order valence-corrected chi connectivity index (χ3v) is 3.90. The quantitative estimate of drug-likeness (QED) is 0.890. The van der Waals surface area contributed by atoms with Gasteiger partial charge in [-0.15, -0.1) is 0 Å². The first-order valence-electron chi connectivity index (χ1n) is 6.47. The first-order chi connectivity index (χ1) is 8.93. The van der Waals surface area contributed by atoms with Gasteiger partial charge in [0.05, 0.1) is 5.56 Å². The number of nitrogens with one attached hydrogen (secondary N) is 1. The van der Waals surface area contributed by atoms with Crippen LogP contribution in [0.25, 0.3) is 0 Å². The highest BCUT2D eigenvalue weighted by molar-refractivity contribution is 5.33. The second kappa shape index (κ2) is 5.51. The standard InChI is InChI=1S/C14H19F3N2/c1-18-10-7-8-19(2)13(9-10)11-5-3-4-6-12(11)14(15,16)17/h3-6,10,13,18H,7-9H2,1-2H3. The van der Waals surface area contributed by atoms with Gasteiger partial charge in [-0.25, -0.2) is 0 Å². The molecule has 0 bridgehead atoms. The Morgan fingerprint density at radius 2 is 1.95 bits per heavy atom. The van der Waals surface area contributed by atoms with E-state index in [-0.39, 0.29) is 12.1 Å². The largest absolute Gasteiger partial charge is 0.416 e. The minimum absolute atomic E-state index is 0.177. The van der Waals surface area contributed by atoms with Gasteiger partial charge in [-0.3, -0.25) is 4.90 Å². The highest BCUT2D eigenvalue weighted by Crippen LogP contribution is 2.39. The summed E-state index contributed by atoms with van der Waals surface area (Å²) in [5.74, 6) is 0. The molecule has 1 aromatic carbocycles. The van der Waals surface area contributed by atoms with Gasteiger partial charge in [0.1, 0.15) is 0 Å². The van der Waals surface area contributed by atoms with E-state index >= 15 is 0 Å². The molecule has 19 heavy (non-hydrogen) atoms. The number of likely N-dealkylation sites (tertiary alicyclic amines) is 1. The van der Waals surface area contributed by atoms with Crippen LogP contribution in [-0.2, 0) is 6.18 Å². The lowest BCUT2D eigenvalue weighted by molar-refractivity contribution is -0.138. The average molecular weight is 272 g/mol. The molecular formula is C14H19F3N2. The van der Waals surface area contributed by atoms with Crippen molar-refractivity contribution in [2.45, 2.75) is 31.1 Å². The Balaban J connectivity index is 2.35. The fourth-order valence-electron chi connectivity index (χ4n) is 2.75. The van der Waals surface area contributed by atoms with Gasteiger partial charge in [0.2, 0.25) is 0 Å². The fourth-order valence-corrected chi connectivity index (χ4v) is 2.75. The number of hydrogen-bond donors (Lipinski definition) is 1. The van der Waals surface area contributed by atoms with Gasteiger partial charge >= 0.3 is 6.18 Å². The van der Waals surface area contributed by atoms with Crippen molar-refractivity contribution in [3.05, 3.63) is 35.4 Å². The molecule has 1 heterocycles. The molecule has 1 aliphatic rings. The van der Waals surface area contributed by atoms with Crippen molar-refractivity contribution in [2.24, 2.45) is 0 Å². The normalized spacial score (nSPS) is 25.5. The van der Waals surface area contributed by atoms with Gasteiger partial charge in [0.15, 0.2) is 0 Å². The van der Waals surface area contributed by atoms with Crippen LogP contribution in [0.5, 0.6) is 0 Å². The summed E-state index contributed by atoms with van der Waals surface area (Å²) in [6.45, 7) is 0.808. The number of alkyl halides is 3. The zero-order chi connectivity index (χ0) is 14.0. The number of hydrogen-bond acceptors (Lipinski definition) is 2. The van der Waals surface area contributed by atoms with E-state index in [1.807, 2.05) is 19.0 Å². The molecule has 1 aliphatic heterocycles. The Labute approximate surface area is 111 Å². The summed E-state index contributed by atoms with van der Waals surface area (Å²) in [7, 11) is 3.76. The maximum absolute atomic E-state index is 13.1. The van der Waals surface area contributed by atoms with Crippen molar-refractivity contribution in [3.63, 3.8) is 0 Å². The van der Waals surface area contributed by atoms with E-state index < -0.39 is 11.7 Å². The van der Waals surface area contributed by atoms with Crippen LogP contribution >= 0.6 is 0 Å². The number of rotatable bonds is 2. The smallest absolute Gasteiger partial charge is 0.317 e. The fraction of sp³-hybridized carbons (Fsp3) is 0.571. The molecule has 2 rings (SSSR count). The van der Waals surface area contributed by atoms with E-state index in [0.717, 1.165) is 13.0 Å². The van der Waals surface area contributed by atoms with E-state index in [0.29, 0.717) is 12.0 Å². The molecule has 2 unspecified atom stereocenters. The lowest BCUT2D eigenvalue weighted by Crippen LogP contribution is -2.42. The van der Waals surface area contributed by atoms with Crippen molar-refractivity contribution in [3.8, 4) is 0 Å². The average Bonchev–Trinajstić information content (AvgIpc) is 2.38. The van der Waals surface area contributed by atoms with Crippen LogP contribution < -0.4 is 5.32 Å². The Morgan fingerprint density at radius 3 is 2.58 bits per heavy atom. The maximum atomic E-state index is 13.1. The van der Waals surface area contributed by atoms with Crippen LogP contribution in [-0.4, -0.2) is 31.6 Å². The number of benzene rings is 1. The van der Waals surface area contributed by atoms with E-state index in [9.17, 15) is 13.2 Å². The summed E-state index contributed by atoms with van der Waals surface area (Å²) in [4.78, 5) is 2.01. The SMILES string of the molecule is CNC1CCN(C)C(c2ccccc2C(F)(F)F)C1. The van der Waals surface area contributed by atoms with E-state index in [1.54, 1.807) is 12.1 Å². The summed E-state index contributed by atoms with van der Waals surface area (Å²) in [5, 5.41) is 3.17. The molecule has 1 fully saturated rings. The molecule has 0 saturated carbocycles. The molecule has 2 nitrogen and oxygen atoms in total. The molecule has 0 aliphatic carbocycles. The van der Waals surface area contributed by atoms with Gasteiger partial charge in [-0.05, 0) is 45.1 Å². The lowest BCUT2D eigenvalue weighted by Gasteiger charge is -2.38. The maximum Gasteiger partial charge on any atom is 0.416 e. The zero-order valence-electron chi connectivity index (χ0n) is 11.2. The lowest BCUT2D eigenvalue weighted by atomic mass is 9.89. The van der Waals surface area contributed by atoms with E-state index in [1.165, 1.54) is 12.1 Å². The minimum atomic E-state index is -4.29. The molecule has 0 radical (unpaired) electrons. The van der Waals surface area contributed by atoms with Crippen molar-refractivity contribution in [1.82, 2.24) is 10.2 Å². The Morgan fingerprint density at radius 1 is 1.26 bits per heavy atom. The number of nitrogens with zero attached hydrogens (tertiary/aromatic N) is 1. The first-order valence-corrected chi connectivity index (χ1v) is 6.47.